The first-order valence-corrected chi connectivity index (χ1v) is 7.35. The van der Waals surface area contributed by atoms with E-state index in [2.05, 4.69) is 5.32 Å². The summed E-state index contributed by atoms with van der Waals surface area (Å²) >= 11 is 0. The van der Waals surface area contributed by atoms with Crippen LogP contribution in [0.1, 0.15) is 24.5 Å². The lowest BCUT2D eigenvalue weighted by atomic mass is 9.96. The second-order valence-corrected chi connectivity index (χ2v) is 5.80. The molecule has 0 saturated carbocycles. The molecule has 2 N–H and O–H groups in total. The number of benzene rings is 1. The zero-order chi connectivity index (χ0) is 15.4. The predicted molar refractivity (Wildman–Crippen MR) is 81.3 cm³/mol. The molecule has 1 aliphatic rings. The number of piperidine rings is 1. The molecule has 1 aliphatic heterocycles. The Morgan fingerprint density at radius 3 is 2.90 bits per heavy atom. The molecule has 2 rings (SSSR count). The monoisotopic (exact) mass is 292 g/mol. The predicted octanol–water partition coefficient (Wildman–Crippen LogP) is 1.92. The number of rotatable bonds is 3. The van der Waals surface area contributed by atoms with Gasteiger partial charge in [-0.3, -0.25) is 0 Å². The minimum absolute atomic E-state index is 0.124. The Bertz CT molecular complexity index is 504. The van der Waals surface area contributed by atoms with E-state index in [9.17, 15) is 9.90 Å². The van der Waals surface area contributed by atoms with Gasteiger partial charge >= 0.3 is 6.03 Å². The summed E-state index contributed by atoms with van der Waals surface area (Å²) in [6, 6.07) is 5.77. The Morgan fingerprint density at radius 1 is 1.48 bits per heavy atom. The molecule has 0 spiro atoms. The van der Waals surface area contributed by atoms with Gasteiger partial charge in [0.15, 0.2) is 0 Å². The Morgan fingerprint density at radius 2 is 2.24 bits per heavy atom. The zero-order valence-corrected chi connectivity index (χ0v) is 12.9. The molecule has 0 aliphatic carbocycles. The molecule has 21 heavy (non-hydrogen) atoms. The number of carbonyl (C=O) groups is 1. The Kier molecular flexibility index (Phi) is 5.07. The van der Waals surface area contributed by atoms with Crippen LogP contribution in [0.4, 0.5) is 4.79 Å². The molecule has 2 amide bonds. The number of aryl methyl sites for hydroxylation is 1. The van der Waals surface area contributed by atoms with Gasteiger partial charge in [0, 0.05) is 19.6 Å². The molecule has 5 nitrogen and oxygen atoms in total. The van der Waals surface area contributed by atoms with Crippen molar-refractivity contribution in [3.8, 4) is 5.75 Å². The second-order valence-electron chi connectivity index (χ2n) is 5.80. The van der Waals surface area contributed by atoms with Gasteiger partial charge in [-0.05, 0) is 42.5 Å². The third-order valence-corrected chi connectivity index (χ3v) is 4.00. The van der Waals surface area contributed by atoms with Crippen molar-refractivity contribution in [2.24, 2.45) is 5.92 Å². The van der Waals surface area contributed by atoms with Crippen LogP contribution < -0.4 is 10.1 Å². The summed E-state index contributed by atoms with van der Waals surface area (Å²) in [7, 11) is 1.63. The van der Waals surface area contributed by atoms with E-state index in [-0.39, 0.29) is 11.9 Å². The lowest BCUT2D eigenvalue weighted by Gasteiger charge is -2.34. The molecule has 1 aromatic carbocycles. The van der Waals surface area contributed by atoms with Gasteiger partial charge in [0.2, 0.25) is 0 Å². The highest BCUT2D eigenvalue weighted by molar-refractivity contribution is 5.74. The maximum Gasteiger partial charge on any atom is 0.317 e. The van der Waals surface area contributed by atoms with Crippen molar-refractivity contribution >= 4 is 6.03 Å². The van der Waals surface area contributed by atoms with Crippen molar-refractivity contribution in [1.29, 1.82) is 0 Å². The number of urea groups is 1. The summed E-state index contributed by atoms with van der Waals surface area (Å²) in [5.41, 5.74) is 2.10. The molecular formula is C16H24N2O3. The minimum Gasteiger partial charge on any atom is -0.497 e. The average molecular weight is 292 g/mol. The summed E-state index contributed by atoms with van der Waals surface area (Å²) in [5.74, 6) is 1.05. The Balaban J connectivity index is 1.91. The number of β-amino-alcohol motifs (C(OH)–C–C–N with tert-alkyl or cyclic N) is 1. The molecule has 1 aromatic rings. The molecule has 0 aromatic heterocycles. The summed E-state index contributed by atoms with van der Waals surface area (Å²) in [4.78, 5) is 13.8. The molecule has 2 atom stereocenters. The lowest BCUT2D eigenvalue weighted by Crippen LogP contribution is -2.49. The highest BCUT2D eigenvalue weighted by Crippen LogP contribution is 2.18. The molecule has 5 heteroatoms. The summed E-state index contributed by atoms with van der Waals surface area (Å²) in [6.45, 7) is 5.57. The second kappa shape index (κ2) is 6.80. The number of ether oxygens (including phenoxy) is 1. The van der Waals surface area contributed by atoms with Crippen LogP contribution in [-0.4, -0.2) is 42.3 Å². The van der Waals surface area contributed by atoms with Crippen LogP contribution in [0.5, 0.6) is 5.75 Å². The number of hydrogen-bond donors (Lipinski definition) is 2. The first-order valence-electron chi connectivity index (χ1n) is 7.35. The minimum atomic E-state index is -0.427. The maximum atomic E-state index is 12.1. The van der Waals surface area contributed by atoms with Crippen LogP contribution in [-0.2, 0) is 6.54 Å². The number of likely N-dealkylation sites (tertiary alicyclic amines) is 1. The fraction of sp³-hybridized carbons (Fsp3) is 0.562. The van der Waals surface area contributed by atoms with E-state index in [4.69, 9.17) is 4.74 Å². The number of nitrogens with one attached hydrogen (secondary N) is 1. The molecule has 2 unspecified atom stereocenters. The Hall–Kier alpha value is -1.75. The van der Waals surface area contributed by atoms with Gasteiger partial charge in [-0.15, -0.1) is 0 Å². The van der Waals surface area contributed by atoms with Crippen LogP contribution in [0.25, 0.3) is 0 Å². The third-order valence-electron chi connectivity index (χ3n) is 4.00. The molecule has 1 fully saturated rings. The summed E-state index contributed by atoms with van der Waals surface area (Å²) < 4.78 is 5.23. The van der Waals surface area contributed by atoms with E-state index in [1.807, 2.05) is 32.0 Å². The largest absolute Gasteiger partial charge is 0.497 e. The van der Waals surface area contributed by atoms with E-state index >= 15 is 0 Å². The maximum absolute atomic E-state index is 12.1. The van der Waals surface area contributed by atoms with Crippen molar-refractivity contribution in [3.63, 3.8) is 0 Å². The number of methoxy groups -OCH3 is 1. The summed E-state index contributed by atoms with van der Waals surface area (Å²) in [5, 5.41) is 12.8. The molecule has 116 valence electrons. The van der Waals surface area contributed by atoms with Crippen LogP contribution in [0.15, 0.2) is 18.2 Å². The topological polar surface area (TPSA) is 61.8 Å². The first kappa shape index (κ1) is 15.6. The van der Waals surface area contributed by atoms with Gasteiger partial charge < -0.3 is 20.1 Å². The van der Waals surface area contributed by atoms with E-state index in [0.29, 0.717) is 19.6 Å². The normalized spacial score (nSPS) is 22.0. The molecule has 0 radical (unpaired) electrons. The van der Waals surface area contributed by atoms with Crippen molar-refractivity contribution in [3.05, 3.63) is 29.3 Å². The number of hydrogen-bond acceptors (Lipinski definition) is 3. The average Bonchev–Trinajstić information content (AvgIpc) is 2.47. The first-order chi connectivity index (χ1) is 9.99. The fourth-order valence-electron chi connectivity index (χ4n) is 2.57. The standard InChI is InChI=1S/C16H24N2O3/c1-11-6-13(8-14(7-11)21-3)9-17-16(20)18-5-4-12(2)15(19)10-18/h6-8,12,15,19H,4-5,9-10H2,1-3H3,(H,17,20). The highest BCUT2D eigenvalue weighted by Gasteiger charge is 2.26. The molecule has 1 heterocycles. The number of carbonyl (C=O) groups excluding carboxylic acids is 1. The highest BCUT2D eigenvalue weighted by atomic mass is 16.5. The van der Waals surface area contributed by atoms with E-state index in [0.717, 1.165) is 23.3 Å². The smallest absolute Gasteiger partial charge is 0.317 e. The van der Waals surface area contributed by atoms with Gasteiger partial charge in [0.1, 0.15) is 5.75 Å². The van der Waals surface area contributed by atoms with Crippen molar-refractivity contribution in [1.82, 2.24) is 10.2 Å². The van der Waals surface area contributed by atoms with Gasteiger partial charge in [-0.25, -0.2) is 4.79 Å². The number of nitrogens with zero attached hydrogens (tertiary/aromatic N) is 1. The van der Waals surface area contributed by atoms with Crippen LogP contribution in [0.2, 0.25) is 0 Å². The van der Waals surface area contributed by atoms with Crippen LogP contribution in [0.3, 0.4) is 0 Å². The van der Waals surface area contributed by atoms with E-state index in [1.165, 1.54) is 0 Å². The van der Waals surface area contributed by atoms with Crippen LogP contribution in [0, 0.1) is 12.8 Å². The lowest BCUT2D eigenvalue weighted by molar-refractivity contribution is 0.0435. The van der Waals surface area contributed by atoms with Crippen molar-refractivity contribution in [2.45, 2.75) is 32.9 Å². The fourth-order valence-corrected chi connectivity index (χ4v) is 2.57. The molecule has 1 saturated heterocycles. The van der Waals surface area contributed by atoms with Gasteiger partial charge in [0.05, 0.1) is 13.2 Å². The SMILES string of the molecule is COc1cc(C)cc(CNC(=O)N2CCC(C)C(O)C2)c1. The number of amides is 2. The quantitative estimate of drug-likeness (QED) is 0.894. The van der Waals surface area contributed by atoms with Crippen molar-refractivity contribution in [2.75, 3.05) is 20.2 Å². The van der Waals surface area contributed by atoms with E-state index in [1.54, 1.807) is 12.0 Å². The summed E-state index contributed by atoms with van der Waals surface area (Å²) in [6.07, 6.45) is 0.413. The number of aliphatic hydroxyl groups excluding tert-OH is 1. The van der Waals surface area contributed by atoms with Gasteiger partial charge in [0.25, 0.3) is 0 Å². The zero-order valence-electron chi connectivity index (χ0n) is 12.9. The van der Waals surface area contributed by atoms with Crippen LogP contribution >= 0.6 is 0 Å². The number of aliphatic hydroxyl groups is 1. The Labute approximate surface area is 125 Å². The van der Waals surface area contributed by atoms with Gasteiger partial charge in [-0.2, -0.15) is 0 Å². The van der Waals surface area contributed by atoms with Crippen molar-refractivity contribution < 1.29 is 14.6 Å². The van der Waals surface area contributed by atoms with E-state index < -0.39 is 6.10 Å². The molecule has 0 bridgehead atoms. The third kappa shape index (κ3) is 4.11. The van der Waals surface area contributed by atoms with Gasteiger partial charge in [-0.1, -0.05) is 13.0 Å². The molecular weight excluding hydrogens is 268 g/mol.